The zero-order valence-electron chi connectivity index (χ0n) is 16.0. The Bertz CT molecular complexity index is 294. The summed E-state index contributed by atoms with van der Waals surface area (Å²) in [5, 5.41) is 0. The van der Waals surface area contributed by atoms with E-state index in [0.29, 0.717) is 12.2 Å². The van der Waals surface area contributed by atoms with Crippen molar-refractivity contribution in [2.24, 2.45) is 0 Å². The summed E-state index contributed by atoms with van der Waals surface area (Å²) in [4.78, 5) is 11.4. The molecule has 0 atom stereocenters. The first-order valence-electron chi connectivity index (χ1n) is 10.0. The normalized spacial score (nSPS) is 11.7. The van der Waals surface area contributed by atoms with Crippen molar-refractivity contribution in [3.05, 3.63) is 11.6 Å². The molecule has 23 heavy (non-hydrogen) atoms. The minimum absolute atomic E-state index is 0.165. The van der Waals surface area contributed by atoms with Crippen LogP contribution in [0.5, 0.6) is 0 Å². The molecule has 0 radical (unpaired) electrons. The molecule has 0 unspecified atom stereocenters. The van der Waals surface area contributed by atoms with Crippen LogP contribution in [0.2, 0.25) is 0 Å². The molecule has 0 aliphatic rings. The van der Waals surface area contributed by atoms with Gasteiger partial charge in [0.25, 0.3) is 0 Å². The molecule has 136 valence electrons. The predicted octanol–water partition coefficient (Wildman–Crippen LogP) is 6.98. The van der Waals surface area contributed by atoms with Crippen molar-refractivity contribution in [3.8, 4) is 0 Å². The molecular weight excluding hydrogens is 284 g/mol. The van der Waals surface area contributed by atoms with Gasteiger partial charge in [-0.3, -0.25) is 0 Å². The van der Waals surface area contributed by atoms with Gasteiger partial charge >= 0.3 is 5.97 Å². The van der Waals surface area contributed by atoms with Crippen molar-refractivity contribution in [1.29, 1.82) is 0 Å². The van der Waals surface area contributed by atoms with Crippen molar-refractivity contribution in [2.45, 2.75) is 111 Å². The zero-order valence-corrected chi connectivity index (χ0v) is 16.0. The lowest BCUT2D eigenvalue weighted by atomic mass is 10.0. The summed E-state index contributed by atoms with van der Waals surface area (Å²) < 4.78 is 5.19. The van der Waals surface area contributed by atoms with Crippen LogP contribution in [0.1, 0.15) is 111 Å². The molecule has 0 saturated heterocycles. The topological polar surface area (TPSA) is 26.3 Å². The van der Waals surface area contributed by atoms with Gasteiger partial charge in [-0.2, -0.15) is 0 Å². The van der Waals surface area contributed by atoms with E-state index in [0.717, 1.165) is 6.42 Å². The molecule has 2 heteroatoms. The molecule has 0 aromatic carbocycles. The average molecular weight is 325 g/mol. The largest absolute Gasteiger partial charge is 0.462 e. The summed E-state index contributed by atoms with van der Waals surface area (Å²) in [6.07, 6.45) is 20.7. The fourth-order valence-electron chi connectivity index (χ4n) is 2.69. The van der Waals surface area contributed by atoms with Crippen molar-refractivity contribution in [3.63, 3.8) is 0 Å². The van der Waals surface area contributed by atoms with Crippen molar-refractivity contribution in [1.82, 2.24) is 0 Å². The molecule has 0 rings (SSSR count). The lowest BCUT2D eigenvalue weighted by Gasteiger charge is -2.05. The van der Waals surface area contributed by atoms with Gasteiger partial charge in [-0.25, -0.2) is 4.79 Å². The molecule has 0 spiro atoms. The summed E-state index contributed by atoms with van der Waals surface area (Å²) in [6, 6.07) is 0. The minimum atomic E-state index is -0.165. The molecule has 0 amide bonds. The molecule has 0 aliphatic heterocycles. The molecule has 2 nitrogen and oxygen atoms in total. The maximum atomic E-state index is 11.4. The summed E-state index contributed by atoms with van der Waals surface area (Å²) in [5.41, 5.74) is 0.704. The van der Waals surface area contributed by atoms with Crippen molar-refractivity contribution in [2.75, 3.05) is 6.61 Å². The summed E-state index contributed by atoms with van der Waals surface area (Å²) in [6.45, 7) is 6.51. The van der Waals surface area contributed by atoms with Gasteiger partial charge in [0.1, 0.15) is 0 Å². The Morgan fingerprint density at radius 2 is 1.13 bits per heavy atom. The van der Waals surface area contributed by atoms with E-state index in [-0.39, 0.29) is 5.97 Å². The number of carbonyl (C=O) groups excluding carboxylic acids is 1. The Kier molecular flexibility index (Phi) is 17.0. The first-order valence-corrected chi connectivity index (χ1v) is 10.0. The highest BCUT2D eigenvalue weighted by molar-refractivity contribution is 5.87. The highest BCUT2D eigenvalue weighted by Crippen LogP contribution is 2.13. The van der Waals surface area contributed by atoms with Gasteiger partial charge in [0.2, 0.25) is 0 Å². The van der Waals surface area contributed by atoms with E-state index >= 15 is 0 Å². The monoisotopic (exact) mass is 324 g/mol. The average Bonchev–Trinajstić information content (AvgIpc) is 2.57. The third-order valence-electron chi connectivity index (χ3n) is 4.49. The van der Waals surface area contributed by atoms with Crippen LogP contribution in [-0.2, 0) is 9.53 Å². The lowest BCUT2D eigenvalue weighted by Crippen LogP contribution is -2.06. The van der Waals surface area contributed by atoms with E-state index in [1.54, 1.807) is 13.0 Å². The second kappa shape index (κ2) is 17.6. The molecular formula is C21H40O2. The second-order valence-electron chi connectivity index (χ2n) is 6.70. The fourth-order valence-corrected chi connectivity index (χ4v) is 2.69. The van der Waals surface area contributed by atoms with Crippen molar-refractivity contribution < 1.29 is 9.53 Å². The van der Waals surface area contributed by atoms with Gasteiger partial charge in [-0.05, 0) is 20.3 Å². The number of allylic oxidation sites excluding steroid dienone is 1. The van der Waals surface area contributed by atoms with Gasteiger partial charge in [-0.15, -0.1) is 0 Å². The molecule has 0 N–H and O–H groups in total. The number of carbonyl (C=O) groups is 1. The smallest absolute Gasteiger partial charge is 0.333 e. The van der Waals surface area contributed by atoms with Gasteiger partial charge in [0.05, 0.1) is 6.61 Å². The van der Waals surface area contributed by atoms with E-state index < -0.39 is 0 Å². The standard InChI is InChI=1S/C21H40O2/c1-4-6-7-8-9-10-11-12-13-14-15-16-17-18-19-23-21(22)20(3)5-2/h5H,4,6-19H2,1-3H3. The summed E-state index contributed by atoms with van der Waals surface area (Å²) >= 11 is 0. The fraction of sp³-hybridized carbons (Fsp3) is 0.857. The SMILES string of the molecule is CC=C(C)C(=O)OCCCCCCCCCCCCCCCC. The molecule has 0 heterocycles. The van der Waals surface area contributed by atoms with Crippen molar-refractivity contribution >= 4 is 5.97 Å². The highest BCUT2D eigenvalue weighted by atomic mass is 16.5. The van der Waals surface area contributed by atoms with E-state index in [9.17, 15) is 4.79 Å². The zero-order chi connectivity index (χ0) is 17.2. The van der Waals surface area contributed by atoms with E-state index in [1.165, 1.54) is 83.5 Å². The number of hydrogen-bond donors (Lipinski definition) is 0. The van der Waals surface area contributed by atoms with E-state index in [4.69, 9.17) is 4.74 Å². The number of rotatable bonds is 16. The van der Waals surface area contributed by atoms with Gasteiger partial charge in [0.15, 0.2) is 0 Å². The van der Waals surface area contributed by atoms with Crippen LogP contribution in [0, 0.1) is 0 Å². The molecule has 0 aliphatic carbocycles. The Hall–Kier alpha value is -0.790. The summed E-state index contributed by atoms with van der Waals surface area (Å²) in [7, 11) is 0. The van der Waals surface area contributed by atoms with Crippen LogP contribution in [0.4, 0.5) is 0 Å². The third kappa shape index (κ3) is 15.9. The molecule has 0 aromatic rings. The molecule has 0 fully saturated rings. The van der Waals surface area contributed by atoms with Crippen LogP contribution in [0.15, 0.2) is 11.6 Å². The Balaban J connectivity index is 3.12. The quantitative estimate of drug-likeness (QED) is 0.174. The minimum Gasteiger partial charge on any atom is -0.462 e. The number of ether oxygens (including phenoxy) is 1. The predicted molar refractivity (Wildman–Crippen MR) is 101 cm³/mol. The Labute approximate surface area is 145 Å². The summed E-state index contributed by atoms with van der Waals surface area (Å²) in [5.74, 6) is -0.165. The second-order valence-corrected chi connectivity index (χ2v) is 6.70. The molecule has 0 saturated carbocycles. The highest BCUT2D eigenvalue weighted by Gasteiger charge is 2.03. The van der Waals surface area contributed by atoms with Crippen LogP contribution in [0.3, 0.4) is 0 Å². The van der Waals surface area contributed by atoms with Crippen LogP contribution < -0.4 is 0 Å². The Morgan fingerprint density at radius 1 is 0.739 bits per heavy atom. The number of hydrogen-bond acceptors (Lipinski definition) is 2. The van der Waals surface area contributed by atoms with Crippen LogP contribution in [-0.4, -0.2) is 12.6 Å². The van der Waals surface area contributed by atoms with E-state index in [1.807, 2.05) is 6.92 Å². The molecule has 0 aromatic heterocycles. The Morgan fingerprint density at radius 3 is 1.52 bits per heavy atom. The number of esters is 1. The first-order chi connectivity index (χ1) is 11.2. The molecule has 0 bridgehead atoms. The number of unbranched alkanes of at least 4 members (excludes halogenated alkanes) is 13. The lowest BCUT2D eigenvalue weighted by molar-refractivity contribution is -0.139. The third-order valence-corrected chi connectivity index (χ3v) is 4.49. The van der Waals surface area contributed by atoms with Crippen LogP contribution >= 0.6 is 0 Å². The maximum absolute atomic E-state index is 11.4. The van der Waals surface area contributed by atoms with Gasteiger partial charge in [-0.1, -0.05) is 96.5 Å². The van der Waals surface area contributed by atoms with Crippen LogP contribution in [0.25, 0.3) is 0 Å². The van der Waals surface area contributed by atoms with Gasteiger partial charge in [0, 0.05) is 5.57 Å². The van der Waals surface area contributed by atoms with E-state index in [2.05, 4.69) is 6.92 Å². The van der Waals surface area contributed by atoms with Gasteiger partial charge < -0.3 is 4.74 Å². The maximum Gasteiger partial charge on any atom is 0.333 e. The first kappa shape index (κ1) is 22.2.